The molecule has 0 fully saturated rings. The smallest absolute Gasteiger partial charge is 0.122 e. The van der Waals surface area contributed by atoms with E-state index in [-0.39, 0.29) is 0 Å². The third-order valence-electron chi connectivity index (χ3n) is 11.5. The van der Waals surface area contributed by atoms with Gasteiger partial charge in [0.15, 0.2) is 0 Å². The molecule has 0 amide bonds. The van der Waals surface area contributed by atoms with Crippen LogP contribution in [0.2, 0.25) is 52.4 Å². The van der Waals surface area contributed by atoms with E-state index < -0.39 is 32.3 Å². The van der Waals surface area contributed by atoms with Crippen LogP contribution in [0.4, 0.5) is 0 Å². The van der Waals surface area contributed by atoms with Gasteiger partial charge >= 0.3 is 0 Å². The van der Waals surface area contributed by atoms with E-state index >= 15 is 0 Å². The summed E-state index contributed by atoms with van der Waals surface area (Å²) in [5.41, 5.74) is 0. The lowest BCUT2D eigenvalue weighted by molar-refractivity contribution is 0.406. The van der Waals surface area contributed by atoms with Crippen molar-refractivity contribution >= 4 is 73.8 Å². The molecule has 10 aliphatic rings. The van der Waals surface area contributed by atoms with Crippen molar-refractivity contribution < 1.29 is 37.9 Å². The molecule has 0 aromatic heterocycles. The summed E-state index contributed by atoms with van der Waals surface area (Å²) in [6, 6.07) is 17.5. The van der Waals surface area contributed by atoms with Crippen molar-refractivity contribution in [2.45, 2.75) is 52.4 Å². The molecule has 8 nitrogen and oxygen atoms in total. The lowest BCUT2D eigenvalue weighted by Crippen LogP contribution is -2.60. The molecule has 0 N–H and O–H groups in total. The maximum atomic E-state index is 6.26. The molecule has 280 valence electrons. The predicted molar refractivity (Wildman–Crippen MR) is 225 cm³/mol. The van der Waals surface area contributed by atoms with Gasteiger partial charge in [-0.25, -0.2) is 0 Å². The third kappa shape index (κ3) is 6.10. The van der Waals surface area contributed by atoms with Crippen LogP contribution in [-0.2, 0) is 0 Å². The Kier molecular flexibility index (Phi) is 10.7. The Morgan fingerprint density at radius 3 is 0.404 bits per heavy atom. The maximum absolute atomic E-state index is 6.26. The van der Waals surface area contributed by atoms with E-state index in [0.29, 0.717) is 0 Å². The third-order valence-corrected chi connectivity index (χ3v) is 25.4. The number of benzene rings is 4. The summed E-state index contributed by atoms with van der Waals surface area (Å²) in [7, 11) is 3.80. The molecule has 0 saturated heterocycles. The minimum Gasteiger partial charge on any atom is -0.497 e. The first-order valence-corrected chi connectivity index (χ1v) is 29.5. The van der Waals surface area contributed by atoms with Crippen molar-refractivity contribution in [3.8, 4) is 46.0 Å². The van der Waals surface area contributed by atoms with E-state index in [0.717, 1.165) is 87.5 Å². The van der Waals surface area contributed by atoms with Crippen LogP contribution in [0.25, 0.3) is 0 Å². The molecular formula is C40H56O8Si4. The summed E-state index contributed by atoms with van der Waals surface area (Å²) in [5, 5.41) is 8.84. The molecule has 0 saturated carbocycles. The average molecular weight is 777 g/mol. The van der Waals surface area contributed by atoms with Crippen molar-refractivity contribution in [1.82, 2.24) is 0 Å². The molecule has 0 unspecified atom stereocenters. The highest BCUT2D eigenvalue weighted by atomic mass is 28.3. The fourth-order valence-electron chi connectivity index (χ4n) is 8.08. The SMILES string of the molecule is COc1cc2c(OC)cc1[Si](C)(C)c1cc(OC)c(cc1OC)[Si](C)(C)c1cc(OC)c(cc1OC)[Si](C)(C)c1cc(OC)c(cc1OC)[Si]2(C)C. The van der Waals surface area contributed by atoms with E-state index in [9.17, 15) is 0 Å². The molecule has 8 bridgehead atoms. The highest BCUT2D eigenvalue weighted by Crippen LogP contribution is 2.31. The summed E-state index contributed by atoms with van der Waals surface area (Å²) in [6.07, 6.45) is 0. The first-order chi connectivity index (χ1) is 24.4. The normalized spacial score (nSPS) is 16.3. The summed E-state index contributed by atoms with van der Waals surface area (Å²) in [6.45, 7) is 18.6. The highest BCUT2D eigenvalue weighted by Gasteiger charge is 2.43. The van der Waals surface area contributed by atoms with E-state index in [4.69, 9.17) is 37.9 Å². The van der Waals surface area contributed by atoms with Crippen LogP contribution in [0.5, 0.6) is 46.0 Å². The van der Waals surface area contributed by atoms with Gasteiger partial charge in [-0.05, 0) is 90.0 Å². The van der Waals surface area contributed by atoms with Crippen LogP contribution in [-0.4, -0.2) is 89.2 Å². The van der Waals surface area contributed by atoms with Gasteiger partial charge in [-0.3, -0.25) is 0 Å². The zero-order valence-electron chi connectivity index (χ0n) is 33.9. The second-order valence-corrected chi connectivity index (χ2v) is 32.8. The highest BCUT2D eigenvalue weighted by molar-refractivity contribution is 7.05. The molecular weight excluding hydrogens is 721 g/mol. The van der Waals surface area contributed by atoms with Crippen LogP contribution in [0.15, 0.2) is 48.5 Å². The summed E-state index contributed by atoms with van der Waals surface area (Å²) < 4.78 is 50.1. The van der Waals surface area contributed by atoms with Gasteiger partial charge in [0.25, 0.3) is 0 Å². The largest absolute Gasteiger partial charge is 0.497 e. The van der Waals surface area contributed by atoms with Crippen molar-refractivity contribution in [3.63, 3.8) is 0 Å². The Morgan fingerprint density at radius 2 is 0.327 bits per heavy atom. The number of hydrogen-bond acceptors (Lipinski definition) is 8. The van der Waals surface area contributed by atoms with Crippen molar-refractivity contribution in [2.24, 2.45) is 0 Å². The molecule has 10 heterocycles. The van der Waals surface area contributed by atoms with E-state index in [2.05, 4.69) is 101 Å². The monoisotopic (exact) mass is 776 g/mol. The molecule has 0 spiro atoms. The van der Waals surface area contributed by atoms with Crippen molar-refractivity contribution in [1.29, 1.82) is 0 Å². The van der Waals surface area contributed by atoms with Gasteiger partial charge in [-0.2, -0.15) is 0 Å². The van der Waals surface area contributed by atoms with Gasteiger partial charge in [0.05, 0.1) is 56.9 Å². The molecule has 0 atom stereocenters. The van der Waals surface area contributed by atoms with E-state index in [1.54, 1.807) is 56.9 Å². The fraction of sp³-hybridized carbons (Fsp3) is 0.400. The minimum absolute atomic E-state index is 0.828. The summed E-state index contributed by atoms with van der Waals surface area (Å²) >= 11 is 0. The Morgan fingerprint density at radius 1 is 0.231 bits per heavy atom. The lowest BCUT2D eigenvalue weighted by atomic mass is 10.3. The second-order valence-electron chi connectivity index (χ2n) is 15.5. The van der Waals surface area contributed by atoms with Gasteiger partial charge in [-0.1, -0.05) is 52.4 Å². The van der Waals surface area contributed by atoms with Crippen molar-refractivity contribution in [2.75, 3.05) is 56.9 Å². The molecule has 52 heavy (non-hydrogen) atoms. The molecule has 4 aromatic rings. The van der Waals surface area contributed by atoms with Crippen LogP contribution in [0, 0.1) is 0 Å². The first-order valence-electron chi connectivity index (χ1n) is 17.5. The van der Waals surface area contributed by atoms with Gasteiger partial charge < -0.3 is 37.9 Å². The summed E-state index contributed by atoms with van der Waals surface area (Å²) in [5.74, 6) is 6.63. The molecule has 0 radical (unpaired) electrons. The zero-order chi connectivity index (χ0) is 38.6. The second kappa shape index (κ2) is 14.2. The maximum Gasteiger partial charge on any atom is 0.122 e. The molecule has 10 aliphatic heterocycles. The lowest BCUT2D eigenvalue weighted by Gasteiger charge is -2.35. The van der Waals surface area contributed by atoms with E-state index in [1.807, 2.05) is 0 Å². The zero-order valence-corrected chi connectivity index (χ0v) is 37.9. The van der Waals surface area contributed by atoms with Crippen LogP contribution >= 0.6 is 0 Å². The minimum atomic E-state index is -2.55. The Hall–Kier alpha value is -3.85. The quantitative estimate of drug-likeness (QED) is 0.253. The Bertz CT molecular complexity index is 1580. The predicted octanol–water partition coefficient (Wildman–Crippen LogP) is 3.36. The number of rotatable bonds is 8. The Balaban J connectivity index is 2.03. The van der Waals surface area contributed by atoms with Gasteiger partial charge in [0, 0.05) is 0 Å². The number of methoxy groups -OCH3 is 8. The van der Waals surface area contributed by atoms with Crippen LogP contribution < -0.4 is 79.4 Å². The van der Waals surface area contributed by atoms with Crippen molar-refractivity contribution in [3.05, 3.63) is 48.5 Å². The van der Waals surface area contributed by atoms with Crippen LogP contribution in [0.3, 0.4) is 0 Å². The summed E-state index contributed by atoms with van der Waals surface area (Å²) in [4.78, 5) is 0. The molecule has 14 rings (SSSR count). The topological polar surface area (TPSA) is 73.8 Å². The van der Waals surface area contributed by atoms with Gasteiger partial charge in [-0.15, -0.1) is 0 Å². The molecule has 12 heteroatoms. The average Bonchev–Trinajstić information content (AvgIpc) is 3.14. The number of ether oxygens (including phenoxy) is 8. The first kappa shape index (κ1) is 39.4. The van der Waals surface area contributed by atoms with Crippen LogP contribution in [0.1, 0.15) is 0 Å². The Labute approximate surface area is 314 Å². The number of hydrogen-bond donors (Lipinski definition) is 0. The van der Waals surface area contributed by atoms with Gasteiger partial charge in [0.1, 0.15) is 78.3 Å². The standard InChI is InChI=1S/C40H56O8Si4/c1-41-25-17-34-26(42-2)18-33(25)49(9,10)35-19-28(44-4)37(20-27(35)43-3)51(13,14)39-23-32(48-8)40(24-31(39)47-7)52(15,16)38-22-29(45-5)36(50(34,11)12)21-30(38)46-6/h17-24H,1-16H3. The molecule has 4 aromatic carbocycles. The molecule has 0 aliphatic carbocycles. The fourth-order valence-corrected chi connectivity index (χ4v) is 19.5. The van der Waals surface area contributed by atoms with E-state index in [1.165, 1.54) is 0 Å². The van der Waals surface area contributed by atoms with Gasteiger partial charge in [0.2, 0.25) is 0 Å².